The van der Waals surface area contributed by atoms with Crippen LogP contribution in [0.1, 0.15) is 33.1 Å². The molecule has 1 heterocycles. The van der Waals surface area contributed by atoms with Crippen molar-refractivity contribution in [2.24, 2.45) is 5.73 Å². The maximum Gasteiger partial charge on any atom is 0.369 e. The van der Waals surface area contributed by atoms with Crippen LogP contribution in [0.15, 0.2) is 0 Å². The molecule has 1 rings (SSSR count). The lowest BCUT2D eigenvalue weighted by atomic mass is 9.88. The van der Waals surface area contributed by atoms with E-state index in [2.05, 4.69) is 5.32 Å². The first-order valence-electron chi connectivity index (χ1n) is 8.16. The number of carbonyl (C=O) groups excluding carboxylic acids is 2. The quantitative estimate of drug-likeness (QED) is 0.312. The first-order chi connectivity index (χ1) is 12.0. The van der Waals surface area contributed by atoms with E-state index in [-0.39, 0.29) is 6.42 Å². The molecule has 10 nitrogen and oxygen atoms in total. The summed E-state index contributed by atoms with van der Waals surface area (Å²) in [7, 11) is 0. The Bertz CT molecular complexity index is 534. The first-order valence-corrected chi connectivity index (χ1v) is 8.16. The molecule has 1 aliphatic rings. The average Bonchev–Trinajstić information content (AvgIpc) is 2.54. The van der Waals surface area contributed by atoms with E-state index in [0.29, 0.717) is 6.42 Å². The minimum absolute atomic E-state index is 0.106. The van der Waals surface area contributed by atoms with Gasteiger partial charge in [0.05, 0.1) is 6.04 Å². The van der Waals surface area contributed by atoms with Crippen molar-refractivity contribution < 1.29 is 43.6 Å². The van der Waals surface area contributed by atoms with E-state index in [1.165, 1.54) is 0 Å². The summed E-state index contributed by atoms with van der Waals surface area (Å²) in [4.78, 5) is 33.8. The summed E-state index contributed by atoms with van der Waals surface area (Å²) in [6.45, 7) is 2.27. The molecule has 0 saturated carbocycles. The summed E-state index contributed by atoms with van der Waals surface area (Å²) in [5.74, 6) is -6.32. The Hall–Kier alpha value is -1.82. The van der Waals surface area contributed by atoms with Gasteiger partial charge in [-0.15, -0.1) is 0 Å². The van der Waals surface area contributed by atoms with Gasteiger partial charge in [0.2, 0.25) is 5.91 Å². The number of rotatable bonds is 8. The largest absolute Gasteiger partial charge is 0.477 e. The molecule has 6 N–H and O–H groups in total. The third-order valence-electron chi connectivity index (χ3n) is 3.93. The predicted octanol–water partition coefficient (Wildman–Crippen LogP) is -1.58. The number of alkyl halides is 1. The maximum absolute atomic E-state index is 14.5. The molecule has 2 unspecified atom stereocenters. The molecule has 11 heteroatoms. The standard InChI is InChI=1S/C15H25FN2O8/c1-3-4-10(21)25-6-9(20)12(22)13-11(18-7(2)19)8(17)5-15(16,26-13)14(23)24/h8-9,11-13,20,22H,3-6,17H2,1-2H3,(H,18,19)(H,23,24)/t8?,9-,11-,12-,13?,15-/m1/s1. The number of ether oxygens (including phenoxy) is 2. The zero-order valence-electron chi connectivity index (χ0n) is 14.6. The summed E-state index contributed by atoms with van der Waals surface area (Å²) < 4.78 is 24.1. The van der Waals surface area contributed by atoms with Gasteiger partial charge in [-0.2, -0.15) is 4.39 Å². The lowest BCUT2D eigenvalue weighted by Gasteiger charge is -2.44. The van der Waals surface area contributed by atoms with Crippen LogP contribution in [0.4, 0.5) is 4.39 Å². The highest BCUT2D eigenvalue weighted by molar-refractivity contribution is 5.76. The second kappa shape index (κ2) is 9.21. The Kier molecular flexibility index (Phi) is 7.87. The molecule has 0 spiro atoms. The van der Waals surface area contributed by atoms with E-state index in [9.17, 15) is 29.0 Å². The Balaban J connectivity index is 2.93. The zero-order chi connectivity index (χ0) is 20.1. The lowest BCUT2D eigenvalue weighted by molar-refractivity contribution is -0.254. The second-order valence-electron chi connectivity index (χ2n) is 6.20. The summed E-state index contributed by atoms with van der Waals surface area (Å²) in [6, 6.07) is -2.37. The highest BCUT2D eigenvalue weighted by Crippen LogP contribution is 2.32. The Morgan fingerprint density at radius 3 is 2.54 bits per heavy atom. The topological polar surface area (TPSA) is 168 Å². The van der Waals surface area contributed by atoms with Crippen molar-refractivity contribution in [1.29, 1.82) is 0 Å². The average molecular weight is 380 g/mol. The van der Waals surface area contributed by atoms with E-state index >= 15 is 0 Å². The third-order valence-corrected chi connectivity index (χ3v) is 3.93. The van der Waals surface area contributed by atoms with Gasteiger partial charge in [0, 0.05) is 25.8 Å². The van der Waals surface area contributed by atoms with Gasteiger partial charge in [-0.1, -0.05) is 6.92 Å². The lowest BCUT2D eigenvalue weighted by Crippen LogP contribution is -2.68. The van der Waals surface area contributed by atoms with Crippen LogP contribution in [-0.2, 0) is 23.9 Å². The van der Waals surface area contributed by atoms with Crippen LogP contribution in [0.25, 0.3) is 0 Å². The van der Waals surface area contributed by atoms with Gasteiger partial charge in [0.1, 0.15) is 24.9 Å². The van der Waals surface area contributed by atoms with Gasteiger partial charge < -0.3 is 35.8 Å². The normalized spacial score (nSPS) is 30.9. The molecule has 6 atom stereocenters. The fourth-order valence-electron chi connectivity index (χ4n) is 2.63. The van der Waals surface area contributed by atoms with E-state index in [0.717, 1.165) is 6.92 Å². The number of hydrogen-bond donors (Lipinski definition) is 5. The first kappa shape index (κ1) is 22.2. The molecule has 0 aliphatic carbocycles. The molecular formula is C15H25FN2O8. The number of esters is 1. The highest BCUT2D eigenvalue weighted by atomic mass is 19.2. The van der Waals surface area contributed by atoms with Crippen molar-refractivity contribution in [2.45, 2.75) is 69.4 Å². The van der Waals surface area contributed by atoms with Crippen LogP contribution in [0, 0.1) is 0 Å². The SMILES string of the molecule is CCCC(=O)OC[C@@H](O)[C@@H](O)C1O[C@@](F)(C(=O)O)CC(N)[C@H]1NC(C)=O. The van der Waals surface area contributed by atoms with Crippen LogP contribution in [0.2, 0.25) is 0 Å². The van der Waals surface area contributed by atoms with E-state index in [1.807, 2.05) is 0 Å². The molecule has 1 aliphatic heterocycles. The van der Waals surface area contributed by atoms with Crippen molar-refractivity contribution in [1.82, 2.24) is 5.32 Å². The highest BCUT2D eigenvalue weighted by Gasteiger charge is 2.54. The van der Waals surface area contributed by atoms with Gasteiger partial charge in [0.15, 0.2) is 0 Å². The summed E-state index contributed by atoms with van der Waals surface area (Å²) >= 11 is 0. The maximum atomic E-state index is 14.5. The van der Waals surface area contributed by atoms with Crippen LogP contribution in [0.3, 0.4) is 0 Å². The fourth-order valence-corrected chi connectivity index (χ4v) is 2.63. The summed E-state index contributed by atoms with van der Waals surface area (Å²) in [5, 5.41) is 31.6. The number of halogens is 1. The van der Waals surface area contributed by atoms with Gasteiger partial charge in [-0.05, 0) is 6.42 Å². The van der Waals surface area contributed by atoms with Crippen molar-refractivity contribution >= 4 is 17.8 Å². The molecule has 0 bridgehead atoms. The number of aliphatic hydroxyl groups excluding tert-OH is 2. The monoisotopic (exact) mass is 380 g/mol. The summed E-state index contributed by atoms with van der Waals surface area (Å²) in [6.07, 6.45) is -5.40. The molecule has 26 heavy (non-hydrogen) atoms. The van der Waals surface area contributed by atoms with Crippen LogP contribution in [-0.4, -0.2) is 76.0 Å². The predicted molar refractivity (Wildman–Crippen MR) is 84.4 cm³/mol. The van der Waals surface area contributed by atoms with Crippen LogP contribution >= 0.6 is 0 Å². The van der Waals surface area contributed by atoms with Crippen molar-refractivity contribution in [3.05, 3.63) is 0 Å². The number of amides is 1. The third kappa shape index (κ3) is 5.59. The second-order valence-corrected chi connectivity index (χ2v) is 6.20. The minimum Gasteiger partial charge on any atom is -0.477 e. The molecule has 0 aromatic heterocycles. The number of hydrogen-bond acceptors (Lipinski definition) is 8. The van der Waals surface area contributed by atoms with Crippen molar-refractivity contribution in [2.75, 3.05) is 6.61 Å². The molecule has 1 saturated heterocycles. The number of carboxylic acid groups (broad SMARTS) is 1. The molecule has 0 aromatic rings. The molecule has 0 radical (unpaired) electrons. The molecule has 0 aromatic carbocycles. The number of carbonyl (C=O) groups is 3. The zero-order valence-corrected chi connectivity index (χ0v) is 14.6. The Labute approximate surface area is 149 Å². The number of nitrogens with one attached hydrogen (secondary N) is 1. The van der Waals surface area contributed by atoms with Crippen LogP contribution in [0.5, 0.6) is 0 Å². The van der Waals surface area contributed by atoms with Crippen LogP contribution < -0.4 is 11.1 Å². The number of nitrogens with two attached hydrogens (primary N) is 1. The molecule has 150 valence electrons. The van der Waals surface area contributed by atoms with Crippen molar-refractivity contribution in [3.63, 3.8) is 0 Å². The molecule has 1 fully saturated rings. The smallest absolute Gasteiger partial charge is 0.369 e. The number of aliphatic carboxylic acids is 1. The van der Waals surface area contributed by atoms with Gasteiger partial charge in [-0.25, -0.2) is 4.79 Å². The van der Waals surface area contributed by atoms with Gasteiger partial charge in [-0.3, -0.25) is 9.59 Å². The van der Waals surface area contributed by atoms with Crippen molar-refractivity contribution in [3.8, 4) is 0 Å². The minimum atomic E-state index is -3.20. The van der Waals surface area contributed by atoms with E-state index in [4.69, 9.17) is 20.3 Å². The van der Waals surface area contributed by atoms with E-state index in [1.54, 1.807) is 6.92 Å². The number of carboxylic acids is 1. The summed E-state index contributed by atoms with van der Waals surface area (Å²) in [5.41, 5.74) is 5.75. The molecular weight excluding hydrogens is 355 g/mol. The fraction of sp³-hybridized carbons (Fsp3) is 0.800. The number of aliphatic hydroxyl groups is 2. The Morgan fingerprint density at radius 2 is 2.04 bits per heavy atom. The van der Waals surface area contributed by atoms with Gasteiger partial charge >= 0.3 is 17.8 Å². The van der Waals surface area contributed by atoms with Gasteiger partial charge in [0.25, 0.3) is 0 Å². The Morgan fingerprint density at radius 1 is 1.42 bits per heavy atom. The van der Waals surface area contributed by atoms with E-state index < -0.39 is 67.1 Å². The molecule has 1 amide bonds.